The fourth-order valence-electron chi connectivity index (χ4n) is 3.43. The molecule has 1 heterocycles. The second-order valence-corrected chi connectivity index (χ2v) is 6.77. The number of Topliss-reactive ketones (excluding diaryl/α,β-unsaturated/α-hetero) is 1. The monoisotopic (exact) mass is 382 g/mol. The fourth-order valence-corrected chi connectivity index (χ4v) is 3.61. The maximum absolute atomic E-state index is 13.6. The van der Waals surface area contributed by atoms with Gasteiger partial charge in [-0.25, -0.2) is 4.39 Å². The summed E-state index contributed by atoms with van der Waals surface area (Å²) in [5, 5.41) is 0.478. The summed E-state index contributed by atoms with van der Waals surface area (Å²) in [6, 6.07) is 18.1. The highest BCUT2D eigenvalue weighted by Crippen LogP contribution is 2.42. The highest BCUT2D eigenvalue weighted by Gasteiger charge is 2.47. The van der Waals surface area contributed by atoms with Crippen LogP contribution in [-0.4, -0.2) is 12.9 Å². The van der Waals surface area contributed by atoms with Gasteiger partial charge in [-0.3, -0.25) is 4.79 Å². The number of carbonyl (C=O) groups is 1. The average Bonchev–Trinajstić information content (AvgIpc) is 2.70. The molecular formula is C22H16ClFO3. The Balaban J connectivity index is 1.94. The van der Waals surface area contributed by atoms with E-state index in [1.807, 2.05) is 0 Å². The minimum atomic E-state index is -1.38. The van der Waals surface area contributed by atoms with Crippen LogP contribution in [-0.2, 0) is 16.9 Å². The van der Waals surface area contributed by atoms with Gasteiger partial charge >= 0.3 is 0 Å². The first kappa shape index (κ1) is 17.7. The summed E-state index contributed by atoms with van der Waals surface area (Å²) in [7, 11) is 1.57. The molecule has 3 aromatic rings. The zero-order valence-electron chi connectivity index (χ0n) is 14.5. The molecule has 0 bridgehead atoms. The van der Waals surface area contributed by atoms with E-state index in [-0.39, 0.29) is 18.2 Å². The third-order valence-electron chi connectivity index (χ3n) is 4.83. The fraction of sp³-hybridized carbons (Fsp3) is 0.136. The molecule has 0 spiro atoms. The Morgan fingerprint density at radius 1 is 1.00 bits per heavy atom. The molecule has 0 N–H and O–H groups in total. The van der Waals surface area contributed by atoms with E-state index in [1.165, 1.54) is 12.1 Å². The van der Waals surface area contributed by atoms with E-state index in [1.54, 1.807) is 61.7 Å². The number of benzene rings is 3. The number of ketones is 1. The summed E-state index contributed by atoms with van der Waals surface area (Å²) in [6.45, 7) is 0.238. The number of ether oxygens (including phenoxy) is 2. The van der Waals surface area contributed by atoms with Gasteiger partial charge in [0.25, 0.3) is 0 Å². The Morgan fingerprint density at radius 2 is 1.63 bits per heavy atom. The molecule has 3 nitrogen and oxygen atoms in total. The lowest BCUT2D eigenvalue weighted by Gasteiger charge is -2.37. The van der Waals surface area contributed by atoms with E-state index in [0.29, 0.717) is 27.5 Å². The number of hydrogen-bond acceptors (Lipinski definition) is 3. The van der Waals surface area contributed by atoms with E-state index in [4.69, 9.17) is 21.1 Å². The van der Waals surface area contributed by atoms with E-state index in [0.717, 1.165) is 5.56 Å². The second kappa shape index (κ2) is 6.80. The molecule has 0 unspecified atom stereocenters. The molecular weight excluding hydrogens is 367 g/mol. The van der Waals surface area contributed by atoms with Crippen molar-refractivity contribution in [1.82, 2.24) is 0 Å². The van der Waals surface area contributed by atoms with Crippen LogP contribution in [0.15, 0.2) is 66.7 Å². The molecule has 5 heteroatoms. The van der Waals surface area contributed by atoms with Crippen molar-refractivity contribution < 1.29 is 18.7 Å². The highest BCUT2D eigenvalue weighted by atomic mass is 35.5. The molecule has 4 rings (SSSR count). The first-order chi connectivity index (χ1) is 13.0. The molecule has 1 aliphatic heterocycles. The summed E-state index contributed by atoms with van der Waals surface area (Å²) in [6.07, 6.45) is 0. The van der Waals surface area contributed by atoms with Crippen molar-refractivity contribution in [2.24, 2.45) is 0 Å². The smallest absolute Gasteiger partial charge is 0.204 e. The van der Waals surface area contributed by atoms with Crippen molar-refractivity contribution >= 4 is 17.4 Å². The van der Waals surface area contributed by atoms with Crippen molar-refractivity contribution in [2.45, 2.75) is 12.2 Å². The Hall–Kier alpha value is -2.69. The standard InChI is InChI=1S/C22H16ClFO3/c1-26-19-10-5-16(6-11-19)22(15-3-8-18(24)9-4-15)21(25)20-12-17(23)7-2-14(20)13-27-22/h2-12H,13H2,1H3/t22-/m0/s1. The van der Waals surface area contributed by atoms with Crippen molar-refractivity contribution in [2.75, 3.05) is 7.11 Å². The molecule has 3 aromatic carbocycles. The maximum atomic E-state index is 13.6. The third-order valence-corrected chi connectivity index (χ3v) is 5.06. The number of hydrogen-bond donors (Lipinski definition) is 0. The molecule has 0 aliphatic carbocycles. The van der Waals surface area contributed by atoms with E-state index in [9.17, 15) is 9.18 Å². The van der Waals surface area contributed by atoms with Crippen LogP contribution in [0.3, 0.4) is 0 Å². The van der Waals surface area contributed by atoms with E-state index in [2.05, 4.69) is 0 Å². The topological polar surface area (TPSA) is 35.5 Å². The molecule has 27 heavy (non-hydrogen) atoms. The largest absolute Gasteiger partial charge is 0.497 e. The number of rotatable bonds is 3. The van der Waals surface area contributed by atoms with Crippen LogP contribution in [0.25, 0.3) is 0 Å². The van der Waals surface area contributed by atoms with Crippen LogP contribution in [0.4, 0.5) is 4.39 Å². The van der Waals surface area contributed by atoms with E-state index >= 15 is 0 Å². The van der Waals surface area contributed by atoms with Crippen LogP contribution >= 0.6 is 11.6 Å². The van der Waals surface area contributed by atoms with Crippen LogP contribution in [0.1, 0.15) is 27.0 Å². The van der Waals surface area contributed by atoms with Crippen molar-refractivity contribution in [3.05, 3.63) is 99.8 Å². The molecule has 0 saturated heterocycles. The normalized spacial score (nSPS) is 18.9. The average molecular weight is 383 g/mol. The van der Waals surface area contributed by atoms with Gasteiger partial charge in [0.1, 0.15) is 11.6 Å². The number of carbonyl (C=O) groups excluding carboxylic acids is 1. The lowest BCUT2D eigenvalue weighted by molar-refractivity contribution is -0.0221. The van der Waals surface area contributed by atoms with Gasteiger partial charge in [-0.05, 0) is 53.1 Å². The Kier molecular flexibility index (Phi) is 4.46. The summed E-state index contributed by atoms with van der Waals surface area (Å²) in [5.41, 5.74) is 1.11. The summed E-state index contributed by atoms with van der Waals surface area (Å²) in [5.74, 6) is 0.0538. The van der Waals surface area contributed by atoms with Gasteiger partial charge in [0.05, 0.1) is 13.7 Å². The molecule has 0 aromatic heterocycles. The summed E-state index contributed by atoms with van der Waals surface area (Å²) < 4.78 is 24.9. The molecule has 0 fully saturated rings. The van der Waals surface area contributed by atoms with Crippen LogP contribution < -0.4 is 4.74 Å². The predicted molar refractivity (Wildman–Crippen MR) is 101 cm³/mol. The van der Waals surface area contributed by atoms with Gasteiger partial charge in [-0.15, -0.1) is 0 Å². The molecule has 0 saturated carbocycles. The van der Waals surface area contributed by atoms with Gasteiger partial charge in [0.2, 0.25) is 5.78 Å². The molecule has 136 valence electrons. The van der Waals surface area contributed by atoms with Crippen molar-refractivity contribution in [3.8, 4) is 5.75 Å². The predicted octanol–water partition coefficient (Wildman–Crippen LogP) is 5.14. The minimum absolute atomic E-state index is 0.233. The van der Waals surface area contributed by atoms with Gasteiger partial charge in [0, 0.05) is 10.6 Å². The zero-order chi connectivity index (χ0) is 19.0. The lowest BCUT2D eigenvalue weighted by atomic mass is 9.77. The molecule has 1 aliphatic rings. The third kappa shape index (κ3) is 2.91. The quantitative estimate of drug-likeness (QED) is 0.628. The molecule has 0 amide bonds. The summed E-state index contributed by atoms with van der Waals surface area (Å²) >= 11 is 6.13. The van der Waals surface area contributed by atoms with Crippen molar-refractivity contribution in [1.29, 1.82) is 0 Å². The number of fused-ring (bicyclic) bond motifs is 1. The Morgan fingerprint density at radius 3 is 2.26 bits per heavy atom. The van der Waals surface area contributed by atoms with Gasteiger partial charge in [-0.2, -0.15) is 0 Å². The second-order valence-electron chi connectivity index (χ2n) is 6.34. The first-order valence-corrected chi connectivity index (χ1v) is 8.80. The van der Waals surface area contributed by atoms with Crippen LogP contribution in [0, 0.1) is 5.82 Å². The van der Waals surface area contributed by atoms with Crippen LogP contribution in [0.2, 0.25) is 5.02 Å². The van der Waals surface area contributed by atoms with E-state index < -0.39 is 5.60 Å². The first-order valence-electron chi connectivity index (χ1n) is 8.42. The van der Waals surface area contributed by atoms with Crippen molar-refractivity contribution in [3.63, 3.8) is 0 Å². The van der Waals surface area contributed by atoms with Crippen LogP contribution in [0.5, 0.6) is 5.75 Å². The van der Waals surface area contributed by atoms with Gasteiger partial charge in [-0.1, -0.05) is 41.9 Å². The Bertz CT molecular complexity index is 999. The van der Waals surface area contributed by atoms with Gasteiger partial charge in [0.15, 0.2) is 5.60 Å². The van der Waals surface area contributed by atoms with Gasteiger partial charge < -0.3 is 9.47 Å². The highest BCUT2D eigenvalue weighted by molar-refractivity contribution is 6.31. The Labute approximate surface area is 161 Å². The molecule has 1 atom stereocenters. The SMILES string of the molecule is COc1ccc([C@]2(c3ccc(F)cc3)OCc3ccc(Cl)cc3C2=O)cc1. The number of methoxy groups -OCH3 is 1. The maximum Gasteiger partial charge on any atom is 0.204 e. The lowest BCUT2D eigenvalue weighted by Crippen LogP contribution is -2.43. The molecule has 0 radical (unpaired) electrons. The minimum Gasteiger partial charge on any atom is -0.497 e. The zero-order valence-corrected chi connectivity index (χ0v) is 15.3. The summed E-state index contributed by atoms with van der Waals surface area (Å²) in [4.78, 5) is 13.6. The number of halogens is 2.